The van der Waals surface area contributed by atoms with E-state index in [-0.39, 0.29) is 0 Å². The van der Waals surface area contributed by atoms with Crippen LogP contribution < -0.4 is 4.90 Å². The van der Waals surface area contributed by atoms with E-state index >= 15 is 0 Å². The van der Waals surface area contributed by atoms with Gasteiger partial charge in [-0.1, -0.05) is 41.9 Å². The summed E-state index contributed by atoms with van der Waals surface area (Å²) in [5.74, 6) is 0.607. The molecule has 0 saturated carbocycles. The zero-order valence-electron chi connectivity index (χ0n) is 13.2. The maximum absolute atomic E-state index is 6.03. The molecular weight excluding hydrogens is 322 g/mol. The minimum Gasteiger partial charge on any atom is -0.342 e. The van der Waals surface area contributed by atoms with Gasteiger partial charge in [0.05, 0.1) is 0 Å². The van der Waals surface area contributed by atoms with Crippen molar-refractivity contribution in [2.24, 2.45) is 0 Å². The molecule has 6 heteroatoms. The first-order chi connectivity index (χ1) is 11.7. The van der Waals surface area contributed by atoms with Gasteiger partial charge in [-0.2, -0.15) is 4.98 Å². The summed E-state index contributed by atoms with van der Waals surface area (Å²) in [5, 5.41) is 10.4. The third-order valence-corrected chi connectivity index (χ3v) is 4.31. The van der Waals surface area contributed by atoms with E-state index < -0.39 is 0 Å². The van der Waals surface area contributed by atoms with E-state index in [1.807, 2.05) is 54.4 Å². The molecule has 0 atom stereocenters. The number of nitrogens with one attached hydrogen (secondary N) is 1. The zero-order chi connectivity index (χ0) is 16.5. The Kier molecular flexibility index (Phi) is 3.78. The lowest BCUT2D eigenvalue weighted by Gasteiger charge is -2.16. The van der Waals surface area contributed by atoms with E-state index in [1.165, 1.54) is 5.56 Å². The fourth-order valence-corrected chi connectivity index (χ4v) is 2.98. The maximum atomic E-state index is 6.03. The van der Waals surface area contributed by atoms with Gasteiger partial charge in [-0.3, -0.25) is 0 Å². The second-order valence-corrected chi connectivity index (χ2v) is 6.22. The predicted molar refractivity (Wildman–Crippen MR) is 97.6 cm³/mol. The number of nitrogens with zero attached hydrogens (tertiary/aromatic N) is 4. The van der Waals surface area contributed by atoms with Crippen LogP contribution in [0.5, 0.6) is 0 Å². The van der Waals surface area contributed by atoms with Crippen molar-refractivity contribution in [3.05, 3.63) is 59.1 Å². The van der Waals surface area contributed by atoms with Gasteiger partial charge < -0.3 is 9.88 Å². The zero-order valence-corrected chi connectivity index (χ0v) is 14.0. The number of fused-ring (bicyclic) bond motifs is 3. The minimum absolute atomic E-state index is 0.607. The van der Waals surface area contributed by atoms with Crippen LogP contribution in [0.2, 0.25) is 5.02 Å². The normalized spacial score (nSPS) is 11.2. The molecule has 5 nitrogen and oxygen atoms in total. The molecule has 1 N–H and O–H groups in total. The third kappa shape index (κ3) is 2.78. The van der Waals surface area contributed by atoms with Crippen molar-refractivity contribution in [3.8, 4) is 0 Å². The lowest BCUT2D eigenvalue weighted by molar-refractivity contribution is 0.822. The summed E-state index contributed by atoms with van der Waals surface area (Å²) in [5.41, 5.74) is 3.77. The summed E-state index contributed by atoms with van der Waals surface area (Å²) in [7, 11) is 1.97. The molecule has 0 aliphatic carbocycles. The number of H-pyrrole nitrogens is 1. The van der Waals surface area contributed by atoms with Crippen molar-refractivity contribution in [1.82, 2.24) is 20.2 Å². The van der Waals surface area contributed by atoms with E-state index in [9.17, 15) is 0 Å². The highest BCUT2D eigenvalue weighted by Gasteiger charge is 2.11. The number of likely N-dealkylation sites (N-methyl/N-ethyl adjacent to an activating group) is 1. The average molecular weight is 338 g/mol. The topological polar surface area (TPSA) is 57.7 Å². The van der Waals surface area contributed by atoms with Gasteiger partial charge in [-0.15, -0.1) is 10.2 Å². The number of aromatic nitrogens is 4. The lowest BCUT2D eigenvalue weighted by atomic mass is 10.1. The molecule has 0 unspecified atom stereocenters. The van der Waals surface area contributed by atoms with Crippen molar-refractivity contribution >= 4 is 39.6 Å². The average Bonchev–Trinajstić information content (AvgIpc) is 2.97. The van der Waals surface area contributed by atoms with E-state index in [1.54, 1.807) is 0 Å². The number of aromatic amines is 1. The highest BCUT2D eigenvalue weighted by Crippen LogP contribution is 2.22. The molecule has 0 radical (unpaired) electrons. The first kappa shape index (κ1) is 14.9. The van der Waals surface area contributed by atoms with Crippen LogP contribution in [0.15, 0.2) is 48.5 Å². The molecule has 2 aromatic heterocycles. The van der Waals surface area contributed by atoms with Crippen molar-refractivity contribution in [1.29, 1.82) is 0 Å². The van der Waals surface area contributed by atoms with Crippen LogP contribution in [0.3, 0.4) is 0 Å². The van der Waals surface area contributed by atoms with E-state index in [4.69, 9.17) is 11.6 Å². The molecule has 0 aliphatic rings. The molecule has 4 aromatic rings. The molecule has 0 aliphatic heterocycles. The molecule has 4 rings (SSSR count). The highest BCUT2D eigenvalue weighted by atomic mass is 35.5. The van der Waals surface area contributed by atoms with Crippen LogP contribution in [0, 0.1) is 0 Å². The van der Waals surface area contributed by atoms with Crippen LogP contribution in [0.25, 0.3) is 22.1 Å². The third-order valence-electron chi connectivity index (χ3n) is 4.08. The molecule has 0 fully saturated rings. The number of para-hydroxylation sites is 1. The van der Waals surface area contributed by atoms with Crippen molar-refractivity contribution < 1.29 is 0 Å². The quantitative estimate of drug-likeness (QED) is 0.614. The summed E-state index contributed by atoms with van der Waals surface area (Å²) >= 11 is 6.03. The van der Waals surface area contributed by atoms with E-state index in [0.29, 0.717) is 5.95 Å². The second-order valence-electron chi connectivity index (χ2n) is 5.78. The summed E-state index contributed by atoms with van der Waals surface area (Å²) < 4.78 is 0. The Bertz CT molecular complexity index is 1010. The smallest absolute Gasteiger partial charge is 0.247 e. The van der Waals surface area contributed by atoms with Crippen LogP contribution in [0.1, 0.15) is 5.56 Å². The number of benzene rings is 2. The Balaban J connectivity index is 1.57. The molecule has 0 bridgehead atoms. The maximum Gasteiger partial charge on any atom is 0.247 e. The number of halogens is 1. The van der Waals surface area contributed by atoms with Crippen molar-refractivity contribution in [2.75, 3.05) is 18.5 Å². The van der Waals surface area contributed by atoms with Crippen LogP contribution in [-0.2, 0) is 6.42 Å². The molecule has 2 heterocycles. The van der Waals surface area contributed by atoms with Gasteiger partial charge >= 0.3 is 0 Å². The van der Waals surface area contributed by atoms with Gasteiger partial charge in [0.1, 0.15) is 5.52 Å². The predicted octanol–water partition coefficient (Wildman–Crippen LogP) is 3.84. The van der Waals surface area contributed by atoms with E-state index in [0.717, 1.165) is 40.1 Å². The lowest BCUT2D eigenvalue weighted by Crippen LogP contribution is -2.23. The molecule has 0 spiro atoms. The van der Waals surface area contributed by atoms with Gasteiger partial charge in [0.2, 0.25) is 5.95 Å². The summed E-state index contributed by atoms with van der Waals surface area (Å²) in [6, 6.07) is 15.9. The van der Waals surface area contributed by atoms with Crippen LogP contribution in [0.4, 0.5) is 5.95 Å². The number of hydrogen-bond acceptors (Lipinski definition) is 4. The first-order valence-electron chi connectivity index (χ1n) is 7.77. The van der Waals surface area contributed by atoms with E-state index in [2.05, 4.69) is 26.2 Å². The Hall–Kier alpha value is -2.66. The minimum atomic E-state index is 0.607. The van der Waals surface area contributed by atoms with Gasteiger partial charge in [-0.25, -0.2) is 0 Å². The van der Waals surface area contributed by atoms with Crippen molar-refractivity contribution in [2.45, 2.75) is 6.42 Å². The van der Waals surface area contributed by atoms with Gasteiger partial charge in [0.15, 0.2) is 5.65 Å². The summed E-state index contributed by atoms with van der Waals surface area (Å²) in [6.45, 7) is 0.785. The Morgan fingerprint density at radius 2 is 1.96 bits per heavy atom. The highest BCUT2D eigenvalue weighted by molar-refractivity contribution is 6.30. The standard InChI is InChI=1S/C18H16ClN5/c1-24(10-9-12-5-4-6-13(19)11-12)18-21-17-16(22-23-18)14-7-2-3-8-15(14)20-17/h2-8,11H,9-10H2,1H3,(H,20,21,23). The van der Waals surface area contributed by atoms with Crippen molar-refractivity contribution in [3.63, 3.8) is 0 Å². The van der Waals surface area contributed by atoms with Gasteiger partial charge in [0, 0.05) is 29.5 Å². The van der Waals surface area contributed by atoms with Crippen LogP contribution in [-0.4, -0.2) is 33.8 Å². The van der Waals surface area contributed by atoms with Gasteiger partial charge in [0.25, 0.3) is 0 Å². The summed E-state index contributed by atoms with van der Waals surface area (Å²) in [6.07, 6.45) is 0.866. The Labute approximate surface area is 144 Å². The molecular formula is C18H16ClN5. The number of anilines is 1. The Morgan fingerprint density at radius 1 is 1.08 bits per heavy atom. The second kappa shape index (κ2) is 6.09. The van der Waals surface area contributed by atoms with Gasteiger partial charge in [-0.05, 0) is 30.2 Å². The number of hydrogen-bond donors (Lipinski definition) is 1. The SMILES string of the molecule is CN(CCc1cccc(Cl)c1)c1nnc2c(n1)[nH]c1ccccc12. The monoisotopic (exact) mass is 337 g/mol. The molecule has 120 valence electrons. The fourth-order valence-electron chi connectivity index (χ4n) is 2.76. The first-order valence-corrected chi connectivity index (χ1v) is 8.15. The molecule has 24 heavy (non-hydrogen) atoms. The number of rotatable bonds is 4. The molecule has 2 aromatic carbocycles. The molecule has 0 saturated heterocycles. The Morgan fingerprint density at radius 3 is 2.83 bits per heavy atom. The molecule has 0 amide bonds. The summed E-state index contributed by atoms with van der Waals surface area (Å²) in [4.78, 5) is 9.91. The largest absolute Gasteiger partial charge is 0.342 e. The fraction of sp³-hybridized carbons (Fsp3) is 0.167. The van der Waals surface area contributed by atoms with Crippen LogP contribution >= 0.6 is 11.6 Å².